The van der Waals surface area contributed by atoms with Crippen LogP contribution in [0.3, 0.4) is 0 Å². The van der Waals surface area contributed by atoms with Crippen LogP contribution in [0, 0.1) is 0 Å². The summed E-state index contributed by atoms with van der Waals surface area (Å²) in [6.45, 7) is 8.72. The van der Waals surface area contributed by atoms with Gasteiger partial charge in [0.25, 0.3) is 0 Å². The fraction of sp³-hybridized carbons (Fsp3) is 0.714. The van der Waals surface area contributed by atoms with E-state index < -0.39 is 0 Å². The lowest BCUT2D eigenvalue weighted by molar-refractivity contribution is 0.241. The van der Waals surface area contributed by atoms with Crippen LogP contribution in [0.1, 0.15) is 18.9 Å². The molecule has 18 heavy (non-hydrogen) atoms. The van der Waals surface area contributed by atoms with Gasteiger partial charge in [0.1, 0.15) is 0 Å². The van der Waals surface area contributed by atoms with E-state index in [1.54, 1.807) is 12.5 Å². The van der Waals surface area contributed by atoms with Gasteiger partial charge in [0, 0.05) is 38.3 Å². The quantitative estimate of drug-likeness (QED) is 0.642. The fourth-order valence-electron chi connectivity index (χ4n) is 1.86. The summed E-state index contributed by atoms with van der Waals surface area (Å²) in [6.07, 6.45) is 4.73. The Morgan fingerprint density at radius 2 is 2.00 bits per heavy atom. The highest BCUT2D eigenvalue weighted by Gasteiger charge is 2.03. The summed E-state index contributed by atoms with van der Waals surface area (Å²) < 4.78 is 5.04. The van der Waals surface area contributed by atoms with Crippen LogP contribution in [0.15, 0.2) is 23.0 Å². The highest BCUT2D eigenvalue weighted by molar-refractivity contribution is 5.04. The third-order valence-corrected chi connectivity index (χ3v) is 2.92. The van der Waals surface area contributed by atoms with Crippen molar-refractivity contribution in [2.45, 2.75) is 19.9 Å². The number of hydrogen-bond donors (Lipinski definition) is 1. The maximum absolute atomic E-state index is 5.04. The van der Waals surface area contributed by atoms with Crippen LogP contribution in [0.5, 0.6) is 0 Å². The van der Waals surface area contributed by atoms with Crippen LogP contribution < -0.4 is 5.32 Å². The van der Waals surface area contributed by atoms with Gasteiger partial charge in [0.2, 0.25) is 0 Å². The molecule has 1 heterocycles. The van der Waals surface area contributed by atoms with E-state index in [4.69, 9.17) is 4.42 Å². The van der Waals surface area contributed by atoms with E-state index in [0.717, 1.165) is 32.7 Å². The Kier molecular flexibility index (Phi) is 7.73. The molecule has 4 nitrogen and oxygen atoms in total. The second-order valence-electron chi connectivity index (χ2n) is 4.95. The summed E-state index contributed by atoms with van der Waals surface area (Å²) in [5.74, 6) is 0. The van der Waals surface area contributed by atoms with Crippen molar-refractivity contribution in [3.8, 4) is 0 Å². The molecule has 0 fully saturated rings. The van der Waals surface area contributed by atoms with Gasteiger partial charge in [0.05, 0.1) is 12.5 Å². The van der Waals surface area contributed by atoms with E-state index in [1.807, 2.05) is 6.07 Å². The van der Waals surface area contributed by atoms with Crippen molar-refractivity contribution in [2.24, 2.45) is 0 Å². The molecule has 0 aliphatic carbocycles. The molecule has 4 heteroatoms. The maximum atomic E-state index is 5.04. The summed E-state index contributed by atoms with van der Waals surface area (Å²) in [5.41, 5.74) is 1.21. The average molecular weight is 253 g/mol. The molecule has 0 radical (unpaired) electrons. The van der Waals surface area contributed by atoms with Crippen LogP contribution in [0.25, 0.3) is 0 Å². The molecule has 0 spiro atoms. The molecule has 1 rings (SSSR count). The third kappa shape index (κ3) is 6.79. The minimum absolute atomic E-state index is 0.893. The molecule has 0 aliphatic rings. The van der Waals surface area contributed by atoms with E-state index in [0.29, 0.717) is 0 Å². The van der Waals surface area contributed by atoms with Gasteiger partial charge in [0.15, 0.2) is 0 Å². The van der Waals surface area contributed by atoms with Crippen molar-refractivity contribution in [1.82, 2.24) is 15.1 Å². The largest absolute Gasteiger partial charge is 0.472 e. The zero-order valence-corrected chi connectivity index (χ0v) is 12.0. The summed E-state index contributed by atoms with van der Waals surface area (Å²) in [6, 6.07) is 2.00. The monoisotopic (exact) mass is 253 g/mol. The standard InChI is InChI=1S/C14H27N3O/c1-4-7-17(10-9-16(2)3)8-6-15-12-14-5-11-18-13-14/h5,11,13,15H,4,6-10,12H2,1-3H3. The van der Waals surface area contributed by atoms with Crippen molar-refractivity contribution in [2.75, 3.05) is 46.8 Å². The van der Waals surface area contributed by atoms with E-state index in [2.05, 4.69) is 36.1 Å². The number of likely N-dealkylation sites (N-methyl/N-ethyl adjacent to an activating group) is 1. The Labute approximate surface area is 111 Å². The molecular formula is C14H27N3O. The topological polar surface area (TPSA) is 31.6 Å². The first-order valence-corrected chi connectivity index (χ1v) is 6.81. The van der Waals surface area contributed by atoms with Crippen molar-refractivity contribution in [3.05, 3.63) is 24.2 Å². The molecule has 1 N–H and O–H groups in total. The van der Waals surface area contributed by atoms with Crippen molar-refractivity contribution >= 4 is 0 Å². The Balaban J connectivity index is 2.12. The third-order valence-electron chi connectivity index (χ3n) is 2.92. The van der Waals surface area contributed by atoms with Gasteiger partial charge in [-0.05, 0) is 33.1 Å². The molecule has 1 aromatic heterocycles. The van der Waals surface area contributed by atoms with Gasteiger partial charge in [-0.15, -0.1) is 0 Å². The molecular weight excluding hydrogens is 226 g/mol. The molecule has 0 atom stereocenters. The Morgan fingerprint density at radius 1 is 1.17 bits per heavy atom. The minimum atomic E-state index is 0.893. The highest BCUT2D eigenvalue weighted by atomic mass is 16.3. The van der Waals surface area contributed by atoms with Crippen LogP contribution in [0.2, 0.25) is 0 Å². The van der Waals surface area contributed by atoms with E-state index in [1.165, 1.54) is 18.5 Å². The average Bonchev–Trinajstić information content (AvgIpc) is 2.84. The van der Waals surface area contributed by atoms with Crippen molar-refractivity contribution < 1.29 is 4.42 Å². The summed E-state index contributed by atoms with van der Waals surface area (Å²) in [7, 11) is 4.25. The normalized spacial score (nSPS) is 11.6. The molecule has 0 bridgehead atoms. The van der Waals surface area contributed by atoms with Gasteiger partial charge in [-0.1, -0.05) is 6.92 Å². The molecule has 0 saturated carbocycles. The zero-order valence-electron chi connectivity index (χ0n) is 12.0. The predicted octanol–water partition coefficient (Wildman–Crippen LogP) is 1.64. The lowest BCUT2D eigenvalue weighted by Gasteiger charge is -2.23. The molecule has 0 aliphatic heterocycles. The highest BCUT2D eigenvalue weighted by Crippen LogP contribution is 1.98. The Hall–Kier alpha value is -0.840. The second-order valence-corrected chi connectivity index (χ2v) is 4.95. The molecule has 0 unspecified atom stereocenters. The van der Waals surface area contributed by atoms with Gasteiger partial charge in [-0.25, -0.2) is 0 Å². The van der Waals surface area contributed by atoms with Crippen LogP contribution in [-0.4, -0.2) is 56.6 Å². The van der Waals surface area contributed by atoms with E-state index in [-0.39, 0.29) is 0 Å². The SMILES string of the molecule is CCCN(CCNCc1ccoc1)CCN(C)C. The number of furan rings is 1. The molecule has 104 valence electrons. The van der Waals surface area contributed by atoms with E-state index in [9.17, 15) is 0 Å². The number of nitrogens with one attached hydrogen (secondary N) is 1. The molecule has 0 amide bonds. The fourth-order valence-corrected chi connectivity index (χ4v) is 1.86. The molecule has 0 saturated heterocycles. The molecule has 0 aromatic carbocycles. The van der Waals surface area contributed by atoms with E-state index >= 15 is 0 Å². The molecule has 1 aromatic rings. The van der Waals surface area contributed by atoms with Crippen molar-refractivity contribution in [3.63, 3.8) is 0 Å². The number of rotatable bonds is 10. The smallest absolute Gasteiger partial charge is 0.0947 e. The van der Waals surface area contributed by atoms with Gasteiger partial charge < -0.3 is 19.5 Å². The summed E-state index contributed by atoms with van der Waals surface area (Å²) >= 11 is 0. The Morgan fingerprint density at radius 3 is 2.61 bits per heavy atom. The first-order valence-electron chi connectivity index (χ1n) is 6.81. The number of hydrogen-bond acceptors (Lipinski definition) is 4. The van der Waals surface area contributed by atoms with Crippen LogP contribution in [-0.2, 0) is 6.54 Å². The predicted molar refractivity (Wildman–Crippen MR) is 75.7 cm³/mol. The Bertz CT molecular complexity index is 285. The summed E-state index contributed by atoms with van der Waals surface area (Å²) in [5, 5.41) is 3.45. The van der Waals surface area contributed by atoms with Gasteiger partial charge >= 0.3 is 0 Å². The van der Waals surface area contributed by atoms with Gasteiger partial charge in [-0.3, -0.25) is 0 Å². The first-order chi connectivity index (χ1) is 8.72. The van der Waals surface area contributed by atoms with Crippen LogP contribution in [0.4, 0.5) is 0 Å². The van der Waals surface area contributed by atoms with Gasteiger partial charge in [-0.2, -0.15) is 0 Å². The lowest BCUT2D eigenvalue weighted by atomic mass is 10.3. The number of nitrogens with zero attached hydrogens (tertiary/aromatic N) is 2. The zero-order chi connectivity index (χ0) is 13.2. The maximum Gasteiger partial charge on any atom is 0.0947 e. The first kappa shape index (κ1) is 15.2. The summed E-state index contributed by atoms with van der Waals surface area (Å²) in [4.78, 5) is 4.75. The minimum Gasteiger partial charge on any atom is -0.472 e. The van der Waals surface area contributed by atoms with Crippen LogP contribution >= 0.6 is 0 Å². The second kappa shape index (κ2) is 9.14. The lowest BCUT2D eigenvalue weighted by Crippen LogP contribution is -2.37. The van der Waals surface area contributed by atoms with Crippen molar-refractivity contribution in [1.29, 1.82) is 0 Å².